The minimum atomic E-state index is -1.09. The number of nitrogens with zero attached hydrogens (tertiary/aromatic N) is 3. The summed E-state index contributed by atoms with van der Waals surface area (Å²) in [6.07, 6.45) is 7.13. The van der Waals surface area contributed by atoms with Gasteiger partial charge in [-0.25, -0.2) is 9.97 Å². The number of benzene rings is 1. The summed E-state index contributed by atoms with van der Waals surface area (Å²) in [4.78, 5) is 39.3. The number of carbonyl (C=O) groups is 2. The van der Waals surface area contributed by atoms with Crippen LogP contribution in [0.25, 0.3) is 11.3 Å². The fourth-order valence-corrected chi connectivity index (χ4v) is 5.53. The van der Waals surface area contributed by atoms with Crippen LogP contribution in [0, 0.1) is 18.8 Å². The Labute approximate surface area is 249 Å². The van der Waals surface area contributed by atoms with E-state index in [1.165, 1.54) is 13.3 Å². The zero-order valence-electron chi connectivity index (χ0n) is 24.4. The van der Waals surface area contributed by atoms with E-state index in [4.69, 9.17) is 25.9 Å². The molecule has 2 atom stereocenters. The van der Waals surface area contributed by atoms with Gasteiger partial charge in [0, 0.05) is 58.4 Å². The van der Waals surface area contributed by atoms with Crippen LogP contribution in [0.1, 0.15) is 71.3 Å². The van der Waals surface area contributed by atoms with E-state index in [0.717, 1.165) is 25.7 Å². The maximum absolute atomic E-state index is 14.5. The lowest BCUT2D eigenvalue weighted by atomic mass is 9.82. The number of fused-ring (bicyclic) bond motifs is 1. The normalized spacial score (nSPS) is 20.0. The van der Waals surface area contributed by atoms with E-state index in [1.54, 1.807) is 38.3 Å². The quantitative estimate of drug-likeness (QED) is 0.185. The summed E-state index contributed by atoms with van der Waals surface area (Å²) < 4.78 is 26.0. The molecule has 3 aliphatic rings. The lowest BCUT2D eigenvalue weighted by molar-refractivity contribution is -0.123. The Morgan fingerprint density at radius 2 is 2.05 bits per heavy atom. The number of nitrogen functional groups attached to an aromatic ring is 1. The van der Waals surface area contributed by atoms with Gasteiger partial charge in [-0.15, -0.1) is 0 Å². The van der Waals surface area contributed by atoms with Gasteiger partial charge in [-0.1, -0.05) is 0 Å². The Kier molecular flexibility index (Phi) is 7.27. The van der Waals surface area contributed by atoms with Crippen LogP contribution in [0.4, 0.5) is 10.1 Å². The minimum Gasteiger partial charge on any atom is -0.495 e. The third-order valence-corrected chi connectivity index (χ3v) is 8.71. The van der Waals surface area contributed by atoms with Crippen LogP contribution in [-0.2, 0) is 10.2 Å². The standard InChI is InChI=1S/C32H35FN6O4/c1-16-21(8-9-36-29(16)33)27-28-23(32(2,15-43-28)31(35)41)12-24(39-27)22(17-4-5-17)14-38-30(40)18-10-19(13-37-20-6-7-20)26(34)25(11-18)42-3/h8-13,17,20,22H,4-7,14-15,34H2,1-3H3,(H2,35,41)(H,38,40)/t22-,32-/m0/s1. The predicted molar refractivity (Wildman–Crippen MR) is 160 cm³/mol. The summed E-state index contributed by atoms with van der Waals surface area (Å²) in [5.41, 5.74) is 15.0. The number of aliphatic imine (C=N–C) groups is 1. The van der Waals surface area contributed by atoms with E-state index in [9.17, 15) is 14.0 Å². The molecule has 0 saturated heterocycles. The fourth-order valence-electron chi connectivity index (χ4n) is 5.53. The largest absolute Gasteiger partial charge is 0.495 e. The Balaban J connectivity index is 1.34. The Hall–Kier alpha value is -4.54. The molecule has 224 valence electrons. The van der Waals surface area contributed by atoms with E-state index in [2.05, 4.69) is 15.3 Å². The van der Waals surface area contributed by atoms with Gasteiger partial charge in [0.05, 0.1) is 18.8 Å². The molecule has 0 bridgehead atoms. The van der Waals surface area contributed by atoms with E-state index in [-0.39, 0.29) is 24.3 Å². The highest BCUT2D eigenvalue weighted by atomic mass is 19.1. The molecule has 2 fully saturated rings. The van der Waals surface area contributed by atoms with Gasteiger partial charge in [0.1, 0.15) is 29.2 Å². The van der Waals surface area contributed by atoms with Crippen LogP contribution in [-0.4, -0.2) is 54.3 Å². The molecule has 11 heteroatoms. The van der Waals surface area contributed by atoms with Crippen molar-refractivity contribution in [1.29, 1.82) is 0 Å². The maximum atomic E-state index is 14.5. The molecule has 6 rings (SSSR count). The molecule has 2 aromatic heterocycles. The Morgan fingerprint density at radius 3 is 2.72 bits per heavy atom. The molecule has 2 saturated carbocycles. The van der Waals surface area contributed by atoms with Crippen LogP contribution in [0.3, 0.4) is 0 Å². The number of aromatic nitrogens is 2. The second-order valence-corrected chi connectivity index (χ2v) is 11.9. The number of rotatable bonds is 10. The van der Waals surface area contributed by atoms with E-state index < -0.39 is 17.3 Å². The average molecular weight is 587 g/mol. The zero-order valence-corrected chi connectivity index (χ0v) is 24.4. The molecular formula is C32H35FN6O4. The average Bonchev–Trinajstić information content (AvgIpc) is 3.93. The van der Waals surface area contributed by atoms with Crippen molar-refractivity contribution in [2.45, 2.75) is 56.9 Å². The number of primary amides is 1. The first-order valence-corrected chi connectivity index (χ1v) is 14.5. The van der Waals surface area contributed by atoms with Gasteiger partial charge in [0.2, 0.25) is 11.9 Å². The lowest BCUT2D eigenvalue weighted by Crippen LogP contribution is -2.40. The van der Waals surface area contributed by atoms with Gasteiger partial charge in [-0.05, 0) is 69.7 Å². The Bertz CT molecular complexity index is 1650. The van der Waals surface area contributed by atoms with Crippen molar-refractivity contribution >= 4 is 23.7 Å². The first kappa shape index (κ1) is 28.6. The van der Waals surface area contributed by atoms with Crippen molar-refractivity contribution in [2.24, 2.45) is 16.6 Å². The minimum absolute atomic E-state index is 0.0542. The molecule has 2 amide bonds. The number of methoxy groups -OCH3 is 1. The van der Waals surface area contributed by atoms with Crippen LogP contribution >= 0.6 is 0 Å². The third-order valence-electron chi connectivity index (χ3n) is 8.71. The van der Waals surface area contributed by atoms with Crippen LogP contribution in [0.15, 0.2) is 35.5 Å². The number of halogens is 1. The highest BCUT2D eigenvalue weighted by Gasteiger charge is 2.45. The summed E-state index contributed by atoms with van der Waals surface area (Å²) in [5.74, 6) is -0.500. The van der Waals surface area contributed by atoms with Gasteiger partial charge in [-0.3, -0.25) is 14.6 Å². The van der Waals surface area contributed by atoms with Gasteiger partial charge in [0.15, 0.2) is 0 Å². The number of anilines is 1. The molecule has 1 aromatic carbocycles. The van der Waals surface area contributed by atoms with Gasteiger partial charge < -0.3 is 26.3 Å². The lowest BCUT2D eigenvalue weighted by Gasteiger charge is -2.22. The number of amides is 2. The molecule has 5 N–H and O–H groups in total. The second kappa shape index (κ2) is 10.9. The van der Waals surface area contributed by atoms with E-state index in [1.807, 2.05) is 6.07 Å². The monoisotopic (exact) mass is 586 g/mol. The first-order valence-electron chi connectivity index (χ1n) is 14.5. The Morgan fingerprint density at radius 1 is 1.28 bits per heavy atom. The van der Waals surface area contributed by atoms with E-state index in [0.29, 0.717) is 69.0 Å². The van der Waals surface area contributed by atoms with Gasteiger partial charge in [0.25, 0.3) is 5.91 Å². The topological polar surface area (TPSA) is 155 Å². The summed E-state index contributed by atoms with van der Waals surface area (Å²) in [7, 11) is 1.51. The number of hydrogen-bond donors (Lipinski definition) is 3. The maximum Gasteiger partial charge on any atom is 0.251 e. The van der Waals surface area contributed by atoms with Crippen LogP contribution in [0.2, 0.25) is 0 Å². The number of carbonyl (C=O) groups excluding carboxylic acids is 2. The van der Waals surface area contributed by atoms with E-state index >= 15 is 0 Å². The highest BCUT2D eigenvalue weighted by Crippen LogP contribution is 2.48. The SMILES string of the molecule is COc1cc(C(=O)NC[C@H](c2cc3c(c(-c4ccnc(F)c4C)n2)OC[C@]3(C)C(N)=O)C2CC2)cc(C=NC2CC2)c1N. The predicted octanol–water partition coefficient (Wildman–Crippen LogP) is 3.82. The van der Waals surface area contributed by atoms with Crippen molar-refractivity contribution in [3.8, 4) is 22.8 Å². The molecular weight excluding hydrogens is 551 g/mol. The second-order valence-electron chi connectivity index (χ2n) is 11.9. The number of nitrogens with two attached hydrogens (primary N) is 2. The van der Waals surface area contributed by atoms with Crippen LogP contribution < -0.4 is 26.3 Å². The van der Waals surface area contributed by atoms with Crippen LogP contribution in [0.5, 0.6) is 11.5 Å². The molecule has 10 nitrogen and oxygen atoms in total. The number of ether oxygens (including phenoxy) is 2. The highest BCUT2D eigenvalue weighted by molar-refractivity contribution is 5.99. The smallest absolute Gasteiger partial charge is 0.251 e. The molecule has 0 radical (unpaired) electrons. The summed E-state index contributed by atoms with van der Waals surface area (Å²) in [6.45, 7) is 3.72. The van der Waals surface area contributed by atoms with Crippen molar-refractivity contribution in [1.82, 2.24) is 15.3 Å². The molecule has 1 aliphatic heterocycles. The van der Waals surface area contributed by atoms with Crippen molar-refractivity contribution in [3.63, 3.8) is 0 Å². The van der Waals surface area contributed by atoms with Gasteiger partial charge >= 0.3 is 0 Å². The molecule has 43 heavy (non-hydrogen) atoms. The number of hydrogen-bond acceptors (Lipinski definition) is 8. The number of nitrogens with one attached hydrogen (secondary N) is 1. The van der Waals surface area contributed by atoms with Crippen molar-refractivity contribution in [3.05, 3.63) is 64.4 Å². The molecule has 0 spiro atoms. The summed E-state index contributed by atoms with van der Waals surface area (Å²) >= 11 is 0. The molecule has 3 aromatic rings. The zero-order chi connectivity index (χ0) is 30.5. The van der Waals surface area contributed by atoms with Crippen molar-refractivity contribution < 1.29 is 23.5 Å². The summed E-state index contributed by atoms with van der Waals surface area (Å²) in [6, 6.07) is 7.18. The molecule has 0 unspecified atom stereocenters. The van der Waals surface area contributed by atoms with Crippen molar-refractivity contribution in [2.75, 3.05) is 26.0 Å². The third kappa shape index (κ3) is 5.39. The fraction of sp³-hybridized carbons (Fsp3) is 0.406. The van der Waals surface area contributed by atoms with Gasteiger partial charge in [-0.2, -0.15) is 4.39 Å². The molecule has 3 heterocycles. The summed E-state index contributed by atoms with van der Waals surface area (Å²) in [5, 5.41) is 3.07. The first-order chi connectivity index (χ1) is 20.6. The number of pyridine rings is 2. The molecule has 2 aliphatic carbocycles.